The van der Waals surface area contributed by atoms with E-state index in [1.807, 2.05) is 0 Å². The Hall–Kier alpha value is -4.45. The molecule has 6 heteroatoms. The second kappa shape index (κ2) is 56.1. The Bertz CT molecular complexity index is 1510. The first-order valence-electron chi connectivity index (χ1n) is 27.7. The Balaban J connectivity index is 4.21. The molecular formula is C63H100O6. The summed E-state index contributed by atoms with van der Waals surface area (Å²) in [4.78, 5) is 37.7. The third-order valence-electron chi connectivity index (χ3n) is 11.1. The summed E-state index contributed by atoms with van der Waals surface area (Å²) < 4.78 is 16.6. The van der Waals surface area contributed by atoms with Gasteiger partial charge < -0.3 is 14.2 Å². The van der Waals surface area contributed by atoms with Crippen molar-refractivity contribution in [1.29, 1.82) is 0 Å². The quantitative estimate of drug-likeness (QED) is 0.0262. The molecule has 0 amide bonds. The predicted molar refractivity (Wildman–Crippen MR) is 297 cm³/mol. The van der Waals surface area contributed by atoms with Crippen LogP contribution in [0.3, 0.4) is 0 Å². The Morgan fingerprint density at radius 1 is 0.304 bits per heavy atom. The molecule has 0 radical (unpaired) electrons. The zero-order valence-electron chi connectivity index (χ0n) is 44.3. The van der Waals surface area contributed by atoms with Crippen LogP contribution in [0, 0.1) is 0 Å². The Kier molecular flexibility index (Phi) is 52.5. The lowest BCUT2D eigenvalue weighted by molar-refractivity contribution is -0.167. The van der Waals surface area contributed by atoms with Gasteiger partial charge >= 0.3 is 17.9 Å². The molecule has 69 heavy (non-hydrogen) atoms. The number of ether oxygens (including phenoxy) is 3. The number of esters is 3. The lowest BCUT2D eigenvalue weighted by Gasteiger charge is -2.18. The first-order valence-corrected chi connectivity index (χ1v) is 27.7. The van der Waals surface area contributed by atoms with E-state index in [4.69, 9.17) is 14.2 Å². The zero-order chi connectivity index (χ0) is 50.0. The predicted octanol–water partition coefficient (Wildman–Crippen LogP) is 18.6. The third kappa shape index (κ3) is 54.4. The van der Waals surface area contributed by atoms with Gasteiger partial charge in [-0.3, -0.25) is 14.4 Å². The lowest BCUT2D eigenvalue weighted by Crippen LogP contribution is -2.30. The molecular weight excluding hydrogens is 853 g/mol. The highest BCUT2D eigenvalue weighted by Gasteiger charge is 2.19. The molecule has 0 rings (SSSR count). The molecule has 1 unspecified atom stereocenters. The normalized spacial score (nSPS) is 13.1. The van der Waals surface area contributed by atoms with Gasteiger partial charge in [-0.2, -0.15) is 0 Å². The monoisotopic (exact) mass is 953 g/mol. The minimum Gasteiger partial charge on any atom is -0.462 e. The summed E-state index contributed by atoms with van der Waals surface area (Å²) in [6, 6.07) is 0. The summed E-state index contributed by atoms with van der Waals surface area (Å²) in [7, 11) is 0. The molecule has 0 aliphatic rings. The molecule has 0 N–H and O–H groups in total. The van der Waals surface area contributed by atoms with Crippen molar-refractivity contribution < 1.29 is 28.6 Å². The molecule has 0 heterocycles. The van der Waals surface area contributed by atoms with Crippen LogP contribution in [-0.4, -0.2) is 37.2 Å². The van der Waals surface area contributed by atoms with Gasteiger partial charge in [-0.1, -0.05) is 219 Å². The number of carbonyl (C=O) groups is 3. The molecule has 6 nitrogen and oxygen atoms in total. The molecule has 388 valence electrons. The zero-order valence-corrected chi connectivity index (χ0v) is 44.3. The first-order chi connectivity index (χ1) is 34.0. The van der Waals surface area contributed by atoms with E-state index in [-0.39, 0.29) is 31.1 Å². The molecule has 0 aromatic heterocycles. The number of rotatable bonds is 48. The van der Waals surface area contributed by atoms with Crippen LogP contribution in [0.15, 0.2) is 134 Å². The van der Waals surface area contributed by atoms with Gasteiger partial charge in [-0.15, -0.1) is 0 Å². The van der Waals surface area contributed by atoms with Crippen LogP contribution in [0.25, 0.3) is 0 Å². The second-order valence-electron chi connectivity index (χ2n) is 17.8. The van der Waals surface area contributed by atoms with Crippen molar-refractivity contribution in [3.8, 4) is 0 Å². The second-order valence-corrected chi connectivity index (χ2v) is 17.8. The smallest absolute Gasteiger partial charge is 0.306 e. The van der Waals surface area contributed by atoms with Crippen molar-refractivity contribution in [3.63, 3.8) is 0 Å². The van der Waals surface area contributed by atoms with Crippen molar-refractivity contribution in [2.24, 2.45) is 0 Å². The minimum atomic E-state index is -0.799. The van der Waals surface area contributed by atoms with Crippen LogP contribution >= 0.6 is 0 Å². The van der Waals surface area contributed by atoms with E-state index < -0.39 is 6.10 Å². The molecule has 0 aromatic rings. The van der Waals surface area contributed by atoms with Crippen LogP contribution in [0.4, 0.5) is 0 Å². The van der Waals surface area contributed by atoms with Crippen LogP contribution in [0.2, 0.25) is 0 Å². The SMILES string of the molecule is CC/C=C\C/C=C\C/C=C\C/C=C\C/C=C\C/C=C\C/C=C\C/C=C\C/C=C\C/C=C\CCCCC(=O)OCC(COC(=O)CCCCCCCC)OC(=O)CCCCCCC/C=C\CCCCC. The standard InChI is InChI=1S/C63H100O6/c1-4-7-10-13-16-18-20-22-23-24-25-26-27-28-29-30-31-32-33-34-35-36-37-38-39-40-41-42-44-45-47-50-53-56-62(65)68-59-60(58-67-61(64)55-52-49-15-12-9-6-3)69-63(66)57-54-51-48-46-43-21-19-17-14-11-8-5-2/h7,10,16-19,22-23,25-26,28-29,31-32,34-35,37-38,40-41,44-45,60H,4-6,8-9,11-15,20-21,24,27,30,33,36,39,42-43,46-59H2,1-3H3/b10-7-,18-16-,19-17-,23-22-,26-25-,29-28-,32-31-,35-34-,38-37-,41-40-,45-44-. The summed E-state index contributed by atoms with van der Waals surface area (Å²) in [6.07, 6.45) is 79.1. The molecule has 0 spiro atoms. The number of hydrogen-bond donors (Lipinski definition) is 0. The molecule has 0 saturated heterocycles. The topological polar surface area (TPSA) is 78.9 Å². The number of carbonyl (C=O) groups excluding carboxylic acids is 3. The Morgan fingerprint density at radius 2 is 0.565 bits per heavy atom. The number of unbranched alkanes of at least 4 members (excludes halogenated alkanes) is 15. The van der Waals surface area contributed by atoms with Crippen LogP contribution in [-0.2, 0) is 28.6 Å². The minimum absolute atomic E-state index is 0.0984. The van der Waals surface area contributed by atoms with Crippen molar-refractivity contribution >= 4 is 17.9 Å². The van der Waals surface area contributed by atoms with Gasteiger partial charge in [0, 0.05) is 19.3 Å². The summed E-state index contributed by atoms with van der Waals surface area (Å²) in [6.45, 7) is 6.37. The average Bonchev–Trinajstić information content (AvgIpc) is 3.35. The summed E-state index contributed by atoms with van der Waals surface area (Å²) in [5, 5.41) is 0. The molecule has 0 saturated carbocycles. The summed E-state index contributed by atoms with van der Waals surface area (Å²) in [5.74, 6) is -0.973. The van der Waals surface area contributed by atoms with Crippen molar-refractivity contribution in [1.82, 2.24) is 0 Å². The van der Waals surface area contributed by atoms with Crippen molar-refractivity contribution in [3.05, 3.63) is 134 Å². The molecule has 0 aromatic carbocycles. The van der Waals surface area contributed by atoms with Gasteiger partial charge in [0.05, 0.1) is 0 Å². The highest BCUT2D eigenvalue weighted by atomic mass is 16.6. The van der Waals surface area contributed by atoms with Gasteiger partial charge in [0.25, 0.3) is 0 Å². The van der Waals surface area contributed by atoms with Gasteiger partial charge in [0.1, 0.15) is 13.2 Å². The van der Waals surface area contributed by atoms with Crippen LogP contribution < -0.4 is 0 Å². The van der Waals surface area contributed by atoms with E-state index in [1.165, 1.54) is 51.4 Å². The maximum atomic E-state index is 12.7. The fraction of sp³-hybridized carbons (Fsp3) is 0.603. The maximum absolute atomic E-state index is 12.7. The van der Waals surface area contributed by atoms with Crippen LogP contribution in [0.5, 0.6) is 0 Å². The highest BCUT2D eigenvalue weighted by Crippen LogP contribution is 2.12. The third-order valence-corrected chi connectivity index (χ3v) is 11.1. The fourth-order valence-corrected chi connectivity index (χ4v) is 6.99. The van der Waals surface area contributed by atoms with E-state index in [0.717, 1.165) is 128 Å². The Morgan fingerprint density at radius 3 is 0.957 bits per heavy atom. The number of hydrogen-bond acceptors (Lipinski definition) is 6. The Labute approximate surface area is 424 Å². The van der Waals surface area contributed by atoms with E-state index in [2.05, 4.69) is 154 Å². The molecule has 0 aliphatic heterocycles. The first kappa shape index (κ1) is 64.5. The van der Waals surface area contributed by atoms with Gasteiger partial charge in [-0.05, 0) is 122 Å². The maximum Gasteiger partial charge on any atom is 0.306 e. The fourth-order valence-electron chi connectivity index (χ4n) is 6.99. The largest absolute Gasteiger partial charge is 0.462 e. The van der Waals surface area contributed by atoms with Gasteiger partial charge in [0.2, 0.25) is 0 Å². The van der Waals surface area contributed by atoms with Gasteiger partial charge in [-0.25, -0.2) is 0 Å². The molecule has 1 atom stereocenters. The number of allylic oxidation sites excluding steroid dienone is 22. The highest BCUT2D eigenvalue weighted by molar-refractivity contribution is 5.71. The summed E-state index contributed by atoms with van der Waals surface area (Å²) in [5.41, 5.74) is 0. The van der Waals surface area contributed by atoms with Crippen molar-refractivity contribution in [2.75, 3.05) is 13.2 Å². The van der Waals surface area contributed by atoms with Crippen molar-refractivity contribution in [2.45, 2.75) is 232 Å². The van der Waals surface area contributed by atoms with Crippen LogP contribution in [0.1, 0.15) is 226 Å². The lowest BCUT2D eigenvalue weighted by atomic mass is 10.1. The van der Waals surface area contributed by atoms with Gasteiger partial charge in [0.15, 0.2) is 6.10 Å². The molecule has 0 aliphatic carbocycles. The molecule has 0 fully saturated rings. The molecule has 0 bridgehead atoms. The van der Waals surface area contributed by atoms with E-state index in [0.29, 0.717) is 25.7 Å². The van der Waals surface area contributed by atoms with E-state index in [1.54, 1.807) is 0 Å². The van der Waals surface area contributed by atoms with E-state index in [9.17, 15) is 14.4 Å². The van der Waals surface area contributed by atoms with E-state index >= 15 is 0 Å². The summed E-state index contributed by atoms with van der Waals surface area (Å²) >= 11 is 0. The average molecular weight is 953 g/mol.